The molecule has 49 heavy (non-hydrogen) atoms. The summed E-state index contributed by atoms with van der Waals surface area (Å²) in [5.74, 6) is -3.18. The molecule has 268 valence electrons. The predicted octanol–water partition coefficient (Wildman–Crippen LogP) is 3.85. The quantitative estimate of drug-likeness (QED) is 0.391. The number of allylic oxidation sites excluding steroid dienone is 1. The van der Waals surface area contributed by atoms with Gasteiger partial charge in [0.15, 0.2) is 0 Å². The molecule has 2 fully saturated rings. The number of ether oxygens (including phenoxy) is 3. The van der Waals surface area contributed by atoms with E-state index in [0.717, 1.165) is 12.8 Å². The molecule has 1 aromatic carbocycles. The number of fused-ring (bicyclic) bond motifs is 3. The maximum atomic E-state index is 14.6. The summed E-state index contributed by atoms with van der Waals surface area (Å²) in [6, 6.07) is 1.86. The number of carboxylic acid groups (broad SMARTS) is 1. The van der Waals surface area contributed by atoms with Gasteiger partial charge in [-0.05, 0) is 70.1 Å². The van der Waals surface area contributed by atoms with Crippen LogP contribution in [0.4, 0.5) is 14.0 Å². The molecule has 3 aliphatic heterocycles. The van der Waals surface area contributed by atoms with Crippen molar-refractivity contribution in [1.29, 1.82) is 0 Å². The average Bonchev–Trinajstić information content (AvgIpc) is 3.56. The normalized spacial score (nSPS) is 29.0. The summed E-state index contributed by atoms with van der Waals surface area (Å²) in [6.07, 6.45) is 4.85. The monoisotopic (exact) mass is 686 g/mol. The van der Waals surface area contributed by atoms with Gasteiger partial charge in [-0.15, -0.1) is 0 Å². The van der Waals surface area contributed by atoms with E-state index in [9.17, 15) is 33.5 Å². The summed E-state index contributed by atoms with van der Waals surface area (Å²) in [4.78, 5) is 69.7. The number of carbonyl (C=O) groups is 5. The number of hydrogen-bond acceptors (Lipinski definition) is 8. The van der Waals surface area contributed by atoms with Gasteiger partial charge in [0.1, 0.15) is 35.1 Å². The first kappa shape index (κ1) is 36.1. The number of alkyl carbamates (subject to hydrolysis) is 1. The van der Waals surface area contributed by atoms with Gasteiger partial charge in [0, 0.05) is 26.0 Å². The first-order valence-corrected chi connectivity index (χ1v) is 17.0. The lowest BCUT2D eigenvalue weighted by Crippen LogP contribution is -2.56. The Morgan fingerprint density at radius 1 is 1.16 bits per heavy atom. The van der Waals surface area contributed by atoms with Crippen LogP contribution in [0.1, 0.15) is 82.9 Å². The highest BCUT2D eigenvalue weighted by Gasteiger charge is 2.61. The van der Waals surface area contributed by atoms with Crippen molar-refractivity contribution in [3.05, 3.63) is 47.3 Å². The summed E-state index contributed by atoms with van der Waals surface area (Å²) in [6.45, 7) is 5.21. The number of rotatable bonds is 5. The Morgan fingerprint density at radius 2 is 1.94 bits per heavy atom. The van der Waals surface area contributed by atoms with Gasteiger partial charge >= 0.3 is 18.2 Å². The van der Waals surface area contributed by atoms with Crippen molar-refractivity contribution in [2.75, 3.05) is 26.8 Å². The molecule has 1 aromatic rings. The third-order valence-electron chi connectivity index (χ3n) is 9.63. The molecule has 0 bridgehead atoms. The standard InChI is InChI=1S/C35H47FN4O9/c1-34(2,3)49-32(45)37-26-14-9-7-5-6-8-11-21-18-35(21,31(43)44)38-29(41)27-17-22(19-40(27)30(26)42)48-33(46)39-16-15-23-24(28(39)20-47-4)12-10-13-25(23)36/h8,10-13,21-22,26-28H,5-7,9,14-20H2,1-4H3,(H,37,45)(H,38,41)(H,43,44)/t21-,22-,26+,27?,28?,35-/m1/s1. The minimum absolute atomic E-state index is 0.0906. The first-order valence-electron chi connectivity index (χ1n) is 17.0. The van der Waals surface area contributed by atoms with Gasteiger partial charge in [0.2, 0.25) is 11.8 Å². The van der Waals surface area contributed by atoms with Crippen molar-refractivity contribution in [2.24, 2.45) is 5.92 Å². The van der Waals surface area contributed by atoms with Gasteiger partial charge in [-0.25, -0.2) is 18.8 Å². The Labute approximate surface area is 285 Å². The molecule has 5 rings (SSSR count). The van der Waals surface area contributed by atoms with Crippen LogP contribution in [0.5, 0.6) is 0 Å². The lowest BCUT2D eigenvalue weighted by Gasteiger charge is -2.36. The minimum atomic E-state index is -1.50. The molecule has 0 spiro atoms. The summed E-state index contributed by atoms with van der Waals surface area (Å²) >= 11 is 0. The van der Waals surface area contributed by atoms with Crippen molar-refractivity contribution < 1.29 is 47.7 Å². The van der Waals surface area contributed by atoms with Crippen molar-refractivity contribution in [2.45, 2.75) is 108 Å². The average molecular weight is 687 g/mol. The van der Waals surface area contributed by atoms with E-state index >= 15 is 0 Å². The Hall–Kier alpha value is -4.20. The van der Waals surface area contributed by atoms with Crippen molar-refractivity contribution in [3.8, 4) is 0 Å². The number of benzene rings is 1. The second kappa shape index (κ2) is 14.7. The molecular weight excluding hydrogens is 639 g/mol. The molecule has 2 unspecified atom stereocenters. The Bertz CT molecular complexity index is 1480. The zero-order valence-electron chi connectivity index (χ0n) is 28.5. The molecule has 4 aliphatic rings. The molecule has 0 aromatic heterocycles. The molecule has 3 heterocycles. The lowest BCUT2D eigenvalue weighted by atomic mass is 9.93. The van der Waals surface area contributed by atoms with Crippen molar-refractivity contribution >= 4 is 30.0 Å². The summed E-state index contributed by atoms with van der Waals surface area (Å²) in [5.41, 5.74) is -1.20. The van der Waals surface area contributed by atoms with E-state index in [1.54, 1.807) is 32.9 Å². The Balaban J connectivity index is 1.40. The maximum Gasteiger partial charge on any atom is 0.410 e. The number of nitrogens with zero attached hydrogens (tertiary/aromatic N) is 2. The van der Waals surface area contributed by atoms with Crippen molar-refractivity contribution in [3.63, 3.8) is 0 Å². The zero-order valence-corrected chi connectivity index (χ0v) is 28.5. The number of aliphatic carboxylic acids is 1. The summed E-state index contributed by atoms with van der Waals surface area (Å²) in [7, 11) is 1.48. The van der Waals surface area contributed by atoms with Gasteiger partial charge < -0.3 is 34.9 Å². The maximum absolute atomic E-state index is 14.6. The van der Waals surface area contributed by atoms with Gasteiger partial charge in [-0.2, -0.15) is 0 Å². The zero-order chi connectivity index (χ0) is 35.5. The number of amides is 4. The van der Waals surface area contributed by atoms with Gasteiger partial charge in [-0.3, -0.25) is 14.5 Å². The largest absolute Gasteiger partial charge is 0.479 e. The summed E-state index contributed by atoms with van der Waals surface area (Å²) < 4.78 is 31.3. The van der Waals surface area contributed by atoms with Crippen LogP contribution in [0.2, 0.25) is 0 Å². The number of carboxylic acids is 1. The van der Waals surface area contributed by atoms with Gasteiger partial charge in [-0.1, -0.05) is 37.1 Å². The van der Waals surface area contributed by atoms with E-state index in [-0.39, 0.29) is 51.2 Å². The van der Waals surface area contributed by atoms with Gasteiger partial charge in [0.25, 0.3) is 0 Å². The fourth-order valence-electron chi connectivity index (χ4n) is 7.07. The SMILES string of the molecule is COCC1c2cccc(F)c2CCN1C(=O)O[C@@H]1CC2C(=O)N[C@]3(C(=O)O)C[C@H]3C=CCCCCC[C@H](NC(=O)OC(C)(C)C)C(=O)N2C1. The number of halogens is 1. The third kappa shape index (κ3) is 8.17. The third-order valence-corrected chi connectivity index (χ3v) is 9.63. The number of methoxy groups -OCH3 is 1. The molecular formula is C35H47FN4O9. The lowest BCUT2D eigenvalue weighted by molar-refractivity contribution is -0.145. The molecule has 13 nitrogen and oxygen atoms in total. The summed E-state index contributed by atoms with van der Waals surface area (Å²) in [5, 5.41) is 15.5. The van der Waals surface area contributed by atoms with E-state index in [1.165, 1.54) is 23.0 Å². The fraction of sp³-hybridized carbons (Fsp3) is 0.629. The smallest absolute Gasteiger partial charge is 0.410 e. The molecule has 0 radical (unpaired) electrons. The number of nitrogens with one attached hydrogen (secondary N) is 2. The van der Waals surface area contributed by atoms with E-state index < -0.39 is 71.3 Å². The van der Waals surface area contributed by atoms with E-state index in [0.29, 0.717) is 24.0 Å². The molecule has 6 atom stereocenters. The highest BCUT2D eigenvalue weighted by Crippen LogP contribution is 2.45. The van der Waals surface area contributed by atoms with Crippen LogP contribution in [0.15, 0.2) is 30.4 Å². The van der Waals surface area contributed by atoms with Crippen LogP contribution in [0.25, 0.3) is 0 Å². The number of hydrogen-bond donors (Lipinski definition) is 3. The van der Waals surface area contributed by atoms with Crippen LogP contribution >= 0.6 is 0 Å². The Kier molecular flexibility index (Phi) is 10.9. The second-order valence-electron chi connectivity index (χ2n) is 14.3. The molecule has 3 N–H and O–H groups in total. The fourth-order valence-corrected chi connectivity index (χ4v) is 7.07. The van der Waals surface area contributed by atoms with E-state index in [1.807, 2.05) is 12.2 Å². The molecule has 1 saturated carbocycles. The van der Waals surface area contributed by atoms with Crippen molar-refractivity contribution in [1.82, 2.24) is 20.4 Å². The molecule has 14 heteroatoms. The highest BCUT2D eigenvalue weighted by atomic mass is 19.1. The van der Waals surface area contributed by atoms with Crippen LogP contribution in [0.3, 0.4) is 0 Å². The topological polar surface area (TPSA) is 164 Å². The van der Waals surface area contributed by atoms with E-state index in [2.05, 4.69) is 10.6 Å². The van der Waals surface area contributed by atoms with E-state index in [4.69, 9.17) is 14.2 Å². The highest BCUT2D eigenvalue weighted by molar-refractivity contribution is 5.96. The second-order valence-corrected chi connectivity index (χ2v) is 14.3. The first-order chi connectivity index (χ1) is 23.2. The Morgan fingerprint density at radius 3 is 2.65 bits per heavy atom. The molecule has 1 aliphatic carbocycles. The predicted molar refractivity (Wildman–Crippen MR) is 174 cm³/mol. The molecule has 1 saturated heterocycles. The van der Waals surface area contributed by atoms with Crippen LogP contribution < -0.4 is 10.6 Å². The van der Waals surface area contributed by atoms with Gasteiger partial charge in [0.05, 0.1) is 19.2 Å². The number of carbonyl (C=O) groups excluding carboxylic acids is 4. The minimum Gasteiger partial charge on any atom is -0.479 e. The van der Waals surface area contributed by atoms with Crippen LogP contribution in [0, 0.1) is 11.7 Å². The molecule has 4 amide bonds. The van der Waals surface area contributed by atoms with Crippen LogP contribution in [-0.4, -0.2) is 101 Å². The van der Waals surface area contributed by atoms with Crippen LogP contribution in [-0.2, 0) is 35.0 Å².